The molecule has 4 aliphatic rings. The van der Waals surface area contributed by atoms with Crippen LogP contribution in [-0.2, 0) is 5.41 Å². The molecule has 7 aromatic carbocycles. The Labute approximate surface area is 336 Å². The fraction of sp³-hybridized carbons (Fsp3) is 0.0755. The van der Waals surface area contributed by atoms with Crippen molar-refractivity contribution in [2.24, 2.45) is 15.9 Å². The molecule has 0 bridgehead atoms. The minimum Gasteiger partial charge on any atom is -0.457 e. The number of benzene rings is 7. The minimum atomic E-state index is -0.559. The number of para-hydroxylation sites is 3. The first-order chi connectivity index (χ1) is 28.7. The van der Waals surface area contributed by atoms with E-state index in [4.69, 9.17) is 19.7 Å². The molecule has 0 radical (unpaired) electrons. The molecule has 3 atom stereocenters. The molecule has 1 aromatic heterocycles. The second kappa shape index (κ2) is 12.8. The molecule has 2 aliphatic heterocycles. The normalized spacial score (nSPS) is 19.5. The SMILES string of the molecule is C1=CC2c3ccc(C4=NC(c5cccc6ccccc56)N=C(c5ccccc5)N4)cc3C3(c4ccccc4Oc4ccccc43)C2C=C1c1cccc2cccnc12. The molecule has 0 fully saturated rings. The first-order valence-electron chi connectivity index (χ1n) is 20.0. The Hall–Kier alpha value is -7.37. The molecule has 274 valence electrons. The second-order valence-corrected chi connectivity index (χ2v) is 15.5. The number of rotatable bonds is 4. The largest absolute Gasteiger partial charge is 0.457 e. The number of nitrogens with one attached hydrogen (secondary N) is 1. The zero-order valence-electron chi connectivity index (χ0n) is 31.5. The van der Waals surface area contributed by atoms with E-state index >= 15 is 0 Å². The van der Waals surface area contributed by atoms with E-state index in [0.29, 0.717) is 0 Å². The highest BCUT2D eigenvalue weighted by molar-refractivity contribution is 6.16. The Morgan fingerprint density at radius 2 is 1.24 bits per heavy atom. The summed E-state index contributed by atoms with van der Waals surface area (Å²) in [6, 6.07) is 60.1. The third-order valence-corrected chi connectivity index (χ3v) is 12.5. The number of hydrogen-bond donors (Lipinski definition) is 1. The number of pyridine rings is 1. The zero-order chi connectivity index (χ0) is 38.2. The average molecular weight is 745 g/mol. The lowest BCUT2D eigenvalue weighted by atomic mass is 9.61. The van der Waals surface area contributed by atoms with Crippen molar-refractivity contribution in [3.8, 4) is 11.5 Å². The highest BCUT2D eigenvalue weighted by atomic mass is 16.5. The van der Waals surface area contributed by atoms with Gasteiger partial charge in [-0.05, 0) is 51.7 Å². The van der Waals surface area contributed by atoms with E-state index < -0.39 is 11.6 Å². The summed E-state index contributed by atoms with van der Waals surface area (Å²) in [5.41, 5.74) is 10.8. The lowest BCUT2D eigenvalue weighted by Gasteiger charge is -2.43. The quantitative estimate of drug-likeness (QED) is 0.195. The van der Waals surface area contributed by atoms with Gasteiger partial charge in [-0.2, -0.15) is 0 Å². The molecule has 0 saturated heterocycles. The molecule has 3 unspecified atom stereocenters. The van der Waals surface area contributed by atoms with Gasteiger partial charge in [0.1, 0.15) is 23.2 Å². The highest BCUT2D eigenvalue weighted by Crippen LogP contribution is 2.65. The highest BCUT2D eigenvalue weighted by Gasteiger charge is 2.57. The summed E-state index contributed by atoms with van der Waals surface area (Å²) >= 11 is 0. The Kier molecular flexibility index (Phi) is 7.27. The van der Waals surface area contributed by atoms with Gasteiger partial charge in [-0.25, -0.2) is 9.98 Å². The number of ether oxygens (including phenoxy) is 1. The van der Waals surface area contributed by atoms with Crippen LogP contribution in [0, 0.1) is 5.92 Å². The van der Waals surface area contributed by atoms with E-state index in [1.165, 1.54) is 33.2 Å². The molecule has 5 nitrogen and oxygen atoms in total. The molecule has 1 spiro atoms. The van der Waals surface area contributed by atoms with Crippen LogP contribution >= 0.6 is 0 Å². The van der Waals surface area contributed by atoms with Crippen LogP contribution < -0.4 is 10.1 Å². The molecule has 8 aromatic rings. The number of hydrogen-bond acceptors (Lipinski definition) is 5. The van der Waals surface area contributed by atoms with Crippen molar-refractivity contribution in [2.45, 2.75) is 17.5 Å². The first-order valence-corrected chi connectivity index (χ1v) is 20.0. The van der Waals surface area contributed by atoms with Gasteiger partial charge in [0, 0.05) is 56.8 Å². The van der Waals surface area contributed by atoms with Crippen molar-refractivity contribution in [3.05, 3.63) is 239 Å². The van der Waals surface area contributed by atoms with Crippen molar-refractivity contribution in [1.29, 1.82) is 0 Å². The van der Waals surface area contributed by atoms with Gasteiger partial charge in [-0.15, -0.1) is 0 Å². The molecule has 2 aliphatic carbocycles. The van der Waals surface area contributed by atoms with E-state index in [-0.39, 0.29) is 11.8 Å². The molecule has 1 N–H and O–H groups in total. The maximum atomic E-state index is 6.74. The lowest BCUT2D eigenvalue weighted by molar-refractivity contribution is 0.374. The van der Waals surface area contributed by atoms with Gasteiger partial charge in [-0.3, -0.25) is 4.98 Å². The Balaban J connectivity index is 1.08. The zero-order valence-corrected chi connectivity index (χ0v) is 31.5. The summed E-state index contributed by atoms with van der Waals surface area (Å²) in [6.07, 6.45) is 8.70. The monoisotopic (exact) mass is 744 g/mol. The van der Waals surface area contributed by atoms with Crippen LogP contribution in [0.25, 0.3) is 27.2 Å². The number of aromatic nitrogens is 1. The Bertz CT molecular complexity index is 3050. The van der Waals surface area contributed by atoms with E-state index in [2.05, 4.69) is 181 Å². The van der Waals surface area contributed by atoms with Crippen LogP contribution in [0.3, 0.4) is 0 Å². The molecule has 12 rings (SSSR count). The lowest BCUT2D eigenvalue weighted by Crippen LogP contribution is -2.38. The maximum absolute atomic E-state index is 6.74. The van der Waals surface area contributed by atoms with Crippen LogP contribution in [0.1, 0.15) is 56.6 Å². The van der Waals surface area contributed by atoms with Crippen molar-refractivity contribution >= 4 is 38.9 Å². The van der Waals surface area contributed by atoms with E-state index in [9.17, 15) is 0 Å². The summed E-state index contributed by atoms with van der Waals surface area (Å²) in [5, 5.41) is 7.16. The fourth-order valence-corrected chi connectivity index (χ4v) is 10.0. The molecule has 0 saturated carbocycles. The van der Waals surface area contributed by atoms with Crippen LogP contribution in [0.5, 0.6) is 11.5 Å². The summed E-state index contributed by atoms with van der Waals surface area (Å²) in [4.78, 5) is 15.6. The predicted molar refractivity (Wildman–Crippen MR) is 234 cm³/mol. The Morgan fingerprint density at radius 3 is 2.09 bits per heavy atom. The standard InChI is InChI=1S/C53H36N4O/c1-2-14-35(15-3-1)50-55-51(57-52(56-50)42-21-10-16-33-13-4-5-19-38(33)42)37-27-29-41-40-28-26-36(39-20-11-17-34-18-12-30-54-49(34)39)31-45(40)53(46(41)32-37)43-22-6-8-24-47(43)58-48-25-9-7-23-44(48)53/h1-32,40,45,52H,(H,55,56,57). The van der Waals surface area contributed by atoms with Gasteiger partial charge in [0.05, 0.1) is 10.9 Å². The summed E-state index contributed by atoms with van der Waals surface area (Å²) in [5.74, 6) is 3.54. The molecule has 3 heterocycles. The first kappa shape index (κ1) is 32.8. The summed E-state index contributed by atoms with van der Waals surface area (Å²) in [6.45, 7) is 0. The number of allylic oxidation sites excluding steroid dienone is 4. The molecular formula is C53H36N4O. The third kappa shape index (κ3) is 4.86. The topological polar surface area (TPSA) is 58.9 Å². The van der Waals surface area contributed by atoms with Crippen LogP contribution in [0.4, 0.5) is 0 Å². The van der Waals surface area contributed by atoms with Crippen molar-refractivity contribution in [1.82, 2.24) is 10.3 Å². The third-order valence-electron chi connectivity index (χ3n) is 12.5. The molecule has 58 heavy (non-hydrogen) atoms. The molecular weight excluding hydrogens is 709 g/mol. The van der Waals surface area contributed by atoms with Crippen molar-refractivity contribution in [3.63, 3.8) is 0 Å². The fourth-order valence-electron chi connectivity index (χ4n) is 10.0. The van der Waals surface area contributed by atoms with Gasteiger partial charge in [0.25, 0.3) is 0 Å². The summed E-state index contributed by atoms with van der Waals surface area (Å²) in [7, 11) is 0. The van der Waals surface area contributed by atoms with E-state index in [0.717, 1.165) is 61.7 Å². The average Bonchev–Trinajstić information content (AvgIpc) is 3.58. The summed E-state index contributed by atoms with van der Waals surface area (Å²) < 4.78 is 6.74. The number of fused-ring (bicyclic) bond motifs is 11. The van der Waals surface area contributed by atoms with Crippen LogP contribution in [0.15, 0.2) is 204 Å². The smallest absolute Gasteiger partial charge is 0.170 e. The number of nitrogens with zero attached hydrogens (tertiary/aromatic N) is 3. The second-order valence-electron chi connectivity index (χ2n) is 15.5. The molecule has 5 heteroatoms. The van der Waals surface area contributed by atoms with Crippen molar-refractivity contribution < 1.29 is 4.74 Å². The van der Waals surface area contributed by atoms with Gasteiger partial charge < -0.3 is 10.1 Å². The maximum Gasteiger partial charge on any atom is 0.170 e. The number of amidine groups is 2. The van der Waals surface area contributed by atoms with Gasteiger partial charge in [0.15, 0.2) is 6.17 Å². The van der Waals surface area contributed by atoms with Crippen molar-refractivity contribution in [2.75, 3.05) is 0 Å². The molecule has 0 amide bonds. The van der Waals surface area contributed by atoms with Gasteiger partial charge in [0.2, 0.25) is 0 Å². The van der Waals surface area contributed by atoms with Gasteiger partial charge >= 0.3 is 0 Å². The Morgan fingerprint density at radius 1 is 0.552 bits per heavy atom. The predicted octanol–water partition coefficient (Wildman–Crippen LogP) is 11.7. The minimum absolute atomic E-state index is 0.0500. The van der Waals surface area contributed by atoms with E-state index in [1.54, 1.807) is 0 Å². The van der Waals surface area contributed by atoms with Gasteiger partial charge in [-0.1, -0.05) is 164 Å². The van der Waals surface area contributed by atoms with Crippen LogP contribution in [-0.4, -0.2) is 16.7 Å². The number of aliphatic imine (C=N–C) groups is 2. The van der Waals surface area contributed by atoms with E-state index in [1.807, 2.05) is 18.3 Å². The van der Waals surface area contributed by atoms with Crippen LogP contribution in [0.2, 0.25) is 0 Å².